The highest BCUT2D eigenvalue weighted by atomic mass is 15.3. The van der Waals surface area contributed by atoms with Gasteiger partial charge < -0.3 is 5.73 Å². The highest BCUT2D eigenvalue weighted by Gasteiger charge is 2.30. The molecule has 3 nitrogen and oxygen atoms in total. The van der Waals surface area contributed by atoms with Crippen molar-refractivity contribution < 1.29 is 0 Å². The Labute approximate surface area is 130 Å². The Morgan fingerprint density at radius 1 is 1.29 bits per heavy atom. The SMILES string of the molecule is CCCC1CCCC(N)(Cc2cc(CC)nn2CC)CC1. The minimum absolute atomic E-state index is 0.0134. The maximum absolute atomic E-state index is 6.78. The highest BCUT2D eigenvalue weighted by Crippen LogP contribution is 2.33. The number of hydrogen-bond donors (Lipinski definition) is 1. The van der Waals surface area contributed by atoms with Gasteiger partial charge >= 0.3 is 0 Å². The molecule has 3 heteroatoms. The van der Waals surface area contributed by atoms with E-state index < -0.39 is 0 Å². The van der Waals surface area contributed by atoms with Crippen LogP contribution in [0.15, 0.2) is 6.07 Å². The van der Waals surface area contributed by atoms with Crippen LogP contribution in [0.4, 0.5) is 0 Å². The van der Waals surface area contributed by atoms with E-state index in [1.807, 2.05) is 0 Å². The van der Waals surface area contributed by atoms with Crippen LogP contribution in [0.25, 0.3) is 0 Å². The van der Waals surface area contributed by atoms with E-state index in [4.69, 9.17) is 5.73 Å². The van der Waals surface area contributed by atoms with Crippen LogP contribution in [0.2, 0.25) is 0 Å². The monoisotopic (exact) mass is 291 g/mol. The number of nitrogens with two attached hydrogens (primary N) is 1. The van der Waals surface area contributed by atoms with Crippen LogP contribution < -0.4 is 5.73 Å². The average molecular weight is 291 g/mol. The summed E-state index contributed by atoms with van der Waals surface area (Å²) in [4.78, 5) is 0. The van der Waals surface area contributed by atoms with Gasteiger partial charge in [0.25, 0.3) is 0 Å². The topological polar surface area (TPSA) is 43.8 Å². The van der Waals surface area contributed by atoms with Crippen molar-refractivity contribution in [3.8, 4) is 0 Å². The molecule has 1 aliphatic rings. The van der Waals surface area contributed by atoms with E-state index in [1.54, 1.807) is 0 Å². The third-order valence-electron chi connectivity index (χ3n) is 5.14. The second kappa shape index (κ2) is 7.44. The number of aromatic nitrogens is 2. The zero-order chi connectivity index (χ0) is 15.3. The standard InChI is InChI=1S/C18H33N3/c1-4-8-15-9-7-11-18(19,12-10-15)14-17-13-16(5-2)20-21(17)6-3/h13,15H,4-12,14,19H2,1-3H3. The fraction of sp³-hybridized carbons (Fsp3) is 0.833. The molecular weight excluding hydrogens is 258 g/mol. The highest BCUT2D eigenvalue weighted by molar-refractivity contribution is 5.14. The Morgan fingerprint density at radius 2 is 2.10 bits per heavy atom. The average Bonchev–Trinajstić information content (AvgIpc) is 2.77. The van der Waals surface area contributed by atoms with Gasteiger partial charge in [-0.25, -0.2) is 0 Å². The molecule has 1 fully saturated rings. The van der Waals surface area contributed by atoms with Crippen LogP contribution in [0.5, 0.6) is 0 Å². The lowest BCUT2D eigenvalue weighted by molar-refractivity contribution is 0.346. The molecule has 0 spiro atoms. The van der Waals surface area contributed by atoms with Gasteiger partial charge in [-0.15, -0.1) is 0 Å². The van der Waals surface area contributed by atoms with E-state index >= 15 is 0 Å². The second-order valence-corrected chi connectivity index (χ2v) is 6.92. The number of nitrogens with zero attached hydrogens (tertiary/aromatic N) is 2. The van der Waals surface area contributed by atoms with Gasteiger partial charge in [-0.3, -0.25) is 4.68 Å². The van der Waals surface area contributed by atoms with Gasteiger partial charge in [0.05, 0.1) is 5.69 Å². The largest absolute Gasteiger partial charge is 0.325 e. The van der Waals surface area contributed by atoms with E-state index in [0.29, 0.717) is 0 Å². The quantitative estimate of drug-likeness (QED) is 0.802. The molecule has 2 unspecified atom stereocenters. The second-order valence-electron chi connectivity index (χ2n) is 6.92. The first-order chi connectivity index (χ1) is 10.1. The maximum Gasteiger partial charge on any atom is 0.0624 e. The van der Waals surface area contributed by atoms with Crippen LogP contribution in [-0.2, 0) is 19.4 Å². The van der Waals surface area contributed by atoms with E-state index in [-0.39, 0.29) is 5.54 Å². The van der Waals surface area contributed by atoms with E-state index in [9.17, 15) is 0 Å². The summed E-state index contributed by atoms with van der Waals surface area (Å²) >= 11 is 0. The van der Waals surface area contributed by atoms with Crippen LogP contribution in [-0.4, -0.2) is 15.3 Å². The summed E-state index contributed by atoms with van der Waals surface area (Å²) < 4.78 is 2.15. The molecule has 0 aromatic carbocycles. The molecule has 1 aromatic heterocycles. The van der Waals surface area contributed by atoms with Crippen LogP contribution >= 0.6 is 0 Å². The van der Waals surface area contributed by atoms with Crippen molar-refractivity contribution in [1.29, 1.82) is 0 Å². The molecule has 2 rings (SSSR count). The van der Waals surface area contributed by atoms with Gasteiger partial charge in [0.15, 0.2) is 0 Å². The molecule has 1 aliphatic carbocycles. The fourth-order valence-corrected chi connectivity index (χ4v) is 3.84. The molecule has 2 atom stereocenters. The minimum atomic E-state index is -0.0134. The van der Waals surface area contributed by atoms with Gasteiger partial charge in [-0.1, -0.05) is 39.5 Å². The van der Waals surface area contributed by atoms with Crippen LogP contribution in [0.1, 0.15) is 77.1 Å². The molecule has 1 saturated carbocycles. The third kappa shape index (κ3) is 4.32. The lowest BCUT2D eigenvalue weighted by atomic mass is 9.85. The lowest BCUT2D eigenvalue weighted by Gasteiger charge is -2.28. The summed E-state index contributed by atoms with van der Waals surface area (Å²) in [5.74, 6) is 0.905. The summed E-state index contributed by atoms with van der Waals surface area (Å²) in [6.45, 7) is 7.59. The number of aryl methyl sites for hydroxylation is 2. The van der Waals surface area contributed by atoms with Crippen molar-refractivity contribution in [2.75, 3.05) is 0 Å². The van der Waals surface area contributed by atoms with Crippen molar-refractivity contribution in [3.05, 3.63) is 17.5 Å². The molecule has 0 amide bonds. The van der Waals surface area contributed by atoms with Gasteiger partial charge in [0, 0.05) is 24.2 Å². The Kier molecular flexibility index (Phi) is 5.86. The first-order valence-electron chi connectivity index (χ1n) is 8.94. The molecule has 21 heavy (non-hydrogen) atoms. The summed E-state index contributed by atoms with van der Waals surface area (Å²) in [6.07, 6.45) is 11.0. The van der Waals surface area contributed by atoms with Crippen molar-refractivity contribution in [2.24, 2.45) is 11.7 Å². The maximum atomic E-state index is 6.78. The fourth-order valence-electron chi connectivity index (χ4n) is 3.84. The zero-order valence-corrected chi connectivity index (χ0v) is 14.2. The van der Waals surface area contributed by atoms with E-state index in [0.717, 1.165) is 25.3 Å². The van der Waals surface area contributed by atoms with E-state index in [2.05, 4.69) is 36.6 Å². The first kappa shape index (κ1) is 16.5. The van der Waals surface area contributed by atoms with Crippen molar-refractivity contribution in [1.82, 2.24) is 9.78 Å². The molecule has 1 aromatic rings. The number of hydrogen-bond acceptors (Lipinski definition) is 2. The van der Waals surface area contributed by atoms with Gasteiger partial charge in [0.1, 0.15) is 0 Å². The van der Waals surface area contributed by atoms with Crippen molar-refractivity contribution >= 4 is 0 Å². The minimum Gasteiger partial charge on any atom is -0.325 e. The third-order valence-corrected chi connectivity index (χ3v) is 5.14. The van der Waals surface area contributed by atoms with Crippen molar-refractivity contribution in [3.63, 3.8) is 0 Å². The molecule has 0 radical (unpaired) electrons. The Bertz CT molecular complexity index is 438. The Hall–Kier alpha value is -0.830. The zero-order valence-electron chi connectivity index (χ0n) is 14.2. The number of rotatable bonds is 6. The van der Waals surface area contributed by atoms with Crippen molar-refractivity contribution in [2.45, 2.75) is 90.6 Å². The van der Waals surface area contributed by atoms with E-state index in [1.165, 1.54) is 56.3 Å². The molecule has 2 N–H and O–H groups in total. The van der Waals surface area contributed by atoms with Gasteiger partial charge in [-0.2, -0.15) is 5.10 Å². The predicted molar refractivity (Wildman–Crippen MR) is 89.4 cm³/mol. The van der Waals surface area contributed by atoms with Crippen LogP contribution in [0, 0.1) is 5.92 Å². The molecule has 0 aliphatic heterocycles. The molecule has 1 heterocycles. The Morgan fingerprint density at radius 3 is 2.76 bits per heavy atom. The summed E-state index contributed by atoms with van der Waals surface area (Å²) in [5.41, 5.74) is 9.31. The molecule has 0 saturated heterocycles. The normalized spacial score (nSPS) is 26.8. The molecule has 0 bridgehead atoms. The summed E-state index contributed by atoms with van der Waals surface area (Å²) in [7, 11) is 0. The molecule has 120 valence electrons. The lowest BCUT2D eigenvalue weighted by Crippen LogP contribution is -2.42. The molecular formula is C18H33N3. The van der Waals surface area contributed by atoms with Gasteiger partial charge in [-0.05, 0) is 44.6 Å². The predicted octanol–water partition coefficient (Wildman–Crippen LogP) is 4.09. The Balaban J connectivity index is 2.05. The summed E-state index contributed by atoms with van der Waals surface area (Å²) in [5, 5.41) is 4.67. The smallest absolute Gasteiger partial charge is 0.0624 e. The summed E-state index contributed by atoms with van der Waals surface area (Å²) in [6, 6.07) is 2.27. The first-order valence-corrected chi connectivity index (χ1v) is 8.94. The van der Waals surface area contributed by atoms with Gasteiger partial charge in [0.2, 0.25) is 0 Å². The van der Waals surface area contributed by atoms with Crippen LogP contribution in [0.3, 0.4) is 0 Å².